The minimum absolute atomic E-state index is 0.0968. The number of carbonyl (C=O) groups excluding carboxylic acids is 2. The third-order valence-corrected chi connectivity index (χ3v) is 5.06. The first-order valence-electron chi connectivity index (χ1n) is 9.66. The molecule has 0 spiro atoms. The number of thioether (sulfide) groups is 1. The summed E-state index contributed by atoms with van der Waals surface area (Å²) in [5.74, 6) is 0.824. The first-order valence-corrected chi connectivity index (χ1v) is 10.6. The molecule has 2 aromatic carbocycles. The predicted molar refractivity (Wildman–Crippen MR) is 119 cm³/mol. The Morgan fingerprint density at radius 2 is 1.77 bits per heavy atom. The lowest BCUT2D eigenvalue weighted by Crippen LogP contribution is -2.12. The van der Waals surface area contributed by atoms with Gasteiger partial charge in [0.2, 0.25) is 5.91 Å². The van der Waals surface area contributed by atoms with Gasteiger partial charge in [0, 0.05) is 23.4 Å². The van der Waals surface area contributed by atoms with Crippen molar-refractivity contribution in [2.24, 2.45) is 0 Å². The lowest BCUT2D eigenvalue weighted by Gasteiger charge is -2.08. The number of amides is 1. The van der Waals surface area contributed by atoms with Crippen molar-refractivity contribution in [1.82, 2.24) is 9.97 Å². The van der Waals surface area contributed by atoms with E-state index < -0.39 is 0 Å². The Kier molecular flexibility index (Phi) is 7.57. The van der Waals surface area contributed by atoms with E-state index >= 15 is 0 Å². The summed E-state index contributed by atoms with van der Waals surface area (Å²) in [4.78, 5) is 32.9. The lowest BCUT2D eigenvalue weighted by molar-refractivity contribution is -0.115. The van der Waals surface area contributed by atoms with Crippen molar-refractivity contribution in [3.8, 4) is 11.3 Å². The molecule has 0 saturated carbocycles. The molecule has 30 heavy (non-hydrogen) atoms. The maximum absolute atomic E-state index is 12.2. The molecule has 3 aromatic rings. The van der Waals surface area contributed by atoms with Gasteiger partial charge in [0.1, 0.15) is 10.9 Å². The van der Waals surface area contributed by atoms with Crippen LogP contribution in [0.25, 0.3) is 11.3 Å². The molecule has 0 fully saturated rings. The molecule has 0 atom stereocenters. The van der Waals surface area contributed by atoms with Crippen LogP contribution in [0.3, 0.4) is 0 Å². The fourth-order valence-corrected chi connectivity index (χ4v) is 3.64. The first-order chi connectivity index (χ1) is 14.5. The van der Waals surface area contributed by atoms with Crippen LogP contribution in [0.2, 0.25) is 0 Å². The van der Waals surface area contributed by atoms with E-state index in [2.05, 4.69) is 15.3 Å². The Labute approximate surface area is 180 Å². The molecule has 0 saturated heterocycles. The van der Waals surface area contributed by atoms with Crippen LogP contribution >= 0.6 is 11.8 Å². The van der Waals surface area contributed by atoms with E-state index in [4.69, 9.17) is 4.74 Å². The van der Waals surface area contributed by atoms with Crippen molar-refractivity contribution in [3.05, 3.63) is 72.1 Å². The van der Waals surface area contributed by atoms with Gasteiger partial charge in [0.05, 0.1) is 17.9 Å². The van der Waals surface area contributed by atoms with Gasteiger partial charge in [-0.15, -0.1) is 11.8 Å². The van der Waals surface area contributed by atoms with Crippen LogP contribution in [0.15, 0.2) is 65.7 Å². The number of anilines is 1. The van der Waals surface area contributed by atoms with Crippen molar-refractivity contribution in [1.29, 1.82) is 0 Å². The van der Waals surface area contributed by atoms with Crippen LogP contribution in [0.1, 0.15) is 29.5 Å². The third kappa shape index (κ3) is 6.15. The summed E-state index contributed by atoms with van der Waals surface area (Å²) in [6.07, 6.45) is 0.341. The second-order valence-corrected chi connectivity index (χ2v) is 7.56. The van der Waals surface area contributed by atoms with E-state index in [0.717, 1.165) is 16.3 Å². The molecule has 0 bridgehead atoms. The van der Waals surface area contributed by atoms with E-state index in [1.807, 2.05) is 43.3 Å². The van der Waals surface area contributed by atoms with Gasteiger partial charge in [-0.05, 0) is 44.2 Å². The number of hydrogen-bond donors (Lipinski definition) is 1. The Morgan fingerprint density at radius 3 is 2.47 bits per heavy atom. The molecule has 0 unspecified atom stereocenters. The van der Waals surface area contributed by atoms with Gasteiger partial charge >= 0.3 is 5.97 Å². The quantitative estimate of drug-likeness (QED) is 0.321. The lowest BCUT2D eigenvalue weighted by atomic mass is 10.1. The molecule has 7 heteroatoms. The normalized spacial score (nSPS) is 10.5. The molecule has 1 amide bonds. The summed E-state index contributed by atoms with van der Waals surface area (Å²) < 4.78 is 4.95. The van der Waals surface area contributed by atoms with Crippen LogP contribution in [0.5, 0.6) is 0 Å². The number of rotatable bonds is 8. The smallest absolute Gasteiger partial charge is 0.338 e. The SMILES string of the molecule is CCOC(=O)c1ccc(NC(=O)CCSc2cc(-c3ccccc3)nc(C)n2)cc1. The highest BCUT2D eigenvalue weighted by Crippen LogP contribution is 2.23. The molecular weight excluding hydrogens is 398 g/mol. The molecule has 6 nitrogen and oxygen atoms in total. The minimum Gasteiger partial charge on any atom is -0.462 e. The van der Waals surface area contributed by atoms with Crippen molar-refractivity contribution in [2.45, 2.75) is 25.3 Å². The Morgan fingerprint density at radius 1 is 1.03 bits per heavy atom. The van der Waals surface area contributed by atoms with Gasteiger partial charge in [-0.3, -0.25) is 4.79 Å². The van der Waals surface area contributed by atoms with Crippen molar-refractivity contribution >= 4 is 29.3 Å². The second kappa shape index (κ2) is 10.5. The predicted octanol–water partition coefficient (Wildman–Crippen LogP) is 4.75. The fourth-order valence-electron chi connectivity index (χ4n) is 2.75. The van der Waals surface area contributed by atoms with Gasteiger partial charge in [-0.1, -0.05) is 30.3 Å². The Hall–Kier alpha value is -3.19. The van der Waals surface area contributed by atoms with Gasteiger partial charge < -0.3 is 10.1 Å². The summed E-state index contributed by atoms with van der Waals surface area (Å²) >= 11 is 1.52. The first kappa shape index (κ1) is 21.5. The summed E-state index contributed by atoms with van der Waals surface area (Å²) in [5.41, 5.74) is 3.01. The Bertz CT molecular complexity index is 1010. The molecule has 0 radical (unpaired) electrons. The van der Waals surface area contributed by atoms with E-state index in [9.17, 15) is 9.59 Å². The zero-order chi connectivity index (χ0) is 21.3. The summed E-state index contributed by atoms with van der Waals surface area (Å²) in [5, 5.41) is 3.68. The monoisotopic (exact) mass is 421 g/mol. The molecule has 1 aromatic heterocycles. The van der Waals surface area contributed by atoms with Gasteiger partial charge in [0.15, 0.2) is 0 Å². The maximum Gasteiger partial charge on any atom is 0.338 e. The summed E-state index contributed by atoms with van der Waals surface area (Å²) in [6.45, 7) is 3.95. The standard InChI is InChI=1S/C23H23N3O3S/c1-3-29-23(28)18-9-11-19(12-10-18)26-21(27)13-14-30-22-15-20(24-16(2)25-22)17-7-5-4-6-8-17/h4-12,15H,3,13-14H2,1-2H3,(H,26,27). The summed E-state index contributed by atoms with van der Waals surface area (Å²) in [7, 11) is 0. The van der Waals surface area contributed by atoms with Crippen LogP contribution in [-0.2, 0) is 9.53 Å². The molecule has 154 valence electrons. The van der Waals surface area contributed by atoms with Gasteiger partial charge in [-0.2, -0.15) is 0 Å². The number of esters is 1. The number of hydrogen-bond acceptors (Lipinski definition) is 6. The van der Waals surface area contributed by atoms with E-state index in [-0.39, 0.29) is 11.9 Å². The molecular formula is C23H23N3O3S. The van der Waals surface area contributed by atoms with E-state index in [1.54, 1.807) is 31.2 Å². The molecule has 0 aliphatic carbocycles. The number of ether oxygens (including phenoxy) is 1. The van der Waals surface area contributed by atoms with Crippen LogP contribution in [0.4, 0.5) is 5.69 Å². The van der Waals surface area contributed by atoms with Crippen LogP contribution < -0.4 is 5.32 Å². The molecule has 0 aliphatic heterocycles. The van der Waals surface area contributed by atoms with E-state index in [1.165, 1.54) is 11.8 Å². The number of aromatic nitrogens is 2. The topological polar surface area (TPSA) is 81.2 Å². The summed E-state index contributed by atoms with van der Waals surface area (Å²) in [6, 6.07) is 18.5. The maximum atomic E-state index is 12.2. The largest absolute Gasteiger partial charge is 0.462 e. The van der Waals surface area contributed by atoms with Crippen LogP contribution in [0, 0.1) is 6.92 Å². The number of nitrogens with zero attached hydrogens (tertiary/aromatic N) is 2. The average molecular weight is 422 g/mol. The number of benzene rings is 2. The minimum atomic E-state index is -0.373. The number of nitrogens with one attached hydrogen (secondary N) is 1. The van der Waals surface area contributed by atoms with Gasteiger partial charge in [-0.25, -0.2) is 14.8 Å². The Balaban J connectivity index is 1.52. The van der Waals surface area contributed by atoms with E-state index in [0.29, 0.717) is 35.9 Å². The number of carbonyl (C=O) groups is 2. The zero-order valence-corrected chi connectivity index (χ0v) is 17.7. The zero-order valence-electron chi connectivity index (χ0n) is 16.9. The van der Waals surface area contributed by atoms with Gasteiger partial charge in [0.25, 0.3) is 0 Å². The van der Waals surface area contributed by atoms with Crippen molar-refractivity contribution in [3.63, 3.8) is 0 Å². The average Bonchev–Trinajstić information content (AvgIpc) is 2.75. The highest BCUT2D eigenvalue weighted by Gasteiger charge is 2.09. The molecule has 0 aliphatic rings. The highest BCUT2D eigenvalue weighted by atomic mass is 32.2. The molecule has 3 rings (SSSR count). The number of aryl methyl sites for hydroxylation is 1. The molecule has 1 heterocycles. The third-order valence-electron chi connectivity index (χ3n) is 4.14. The van der Waals surface area contributed by atoms with Crippen molar-refractivity contribution in [2.75, 3.05) is 17.7 Å². The van der Waals surface area contributed by atoms with Crippen LogP contribution in [-0.4, -0.2) is 34.2 Å². The fraction of sp³-hybridized carbons (Fsp3) is 0.217. The molecule has 1 N–H and O–H groups in total. The second-order valence-electron chi connectivity index (χ2n) is 6.45. The van der Waals surface area contributed by atoms with Crippen molar-refractivity contribution < 1.29 is 14.3 Å². The highest BCUT2D eigenvalue weighted by molar-refractivity contribution is 7.99.